The Kier molecular flexibility index (Phi) is 6.75. The molecule has 0 radical (unpaired) electrons. The maximum atomic E-state index is 12.1. The molecule has 5 heteroatoms. The van der Waals surface area contributed by atoms with E-state index in [1.54, 1.807) is 4.90 Å². The standard InChI is InChI=1S/C17H32BrNO3/c1-15(2,3)9-12-21-17(13-18)7-10-19(11-8-17)14(20)22-16(4,5)6/h7-13H2,1-6H3. The Morgan fingerprint density at radius 3 is 2.09 bits per heavy atom. The summed E-state index contributed by atoms with van der Waals surface area (Å²) in [5.74, 6) is 0. The fourth-order valence-corrected chi connectivity index (χ4v) is 3.04. The number of halogens is 1. The first-order chi connectivity index (χ1) is 9.96. The van der Waals surface area contributed by atoms with Crippen LogP contribution in [0.1, 0.15) is 60.8 Å². The van der Waals surface area contributed by atoms with Gasteiger partial charge in [0.15, 0.2) is 0 Å². The summed E-state index contributed by atoms with van der Waals surface area (Å²) < 4.78 is 11.6. The lowest BCUT2D eigenvalue weighted by atomic mass is 9.91. The highest BCUT2D eigenvalue weighted by Crippen LogP contribution is 2.30. The molecular weight excluding hydrogens is 346 g/mol. The van der Waals surface area contributed by atoms with E-state index in [2.05, 4.69) is 36.7 Å². The maximum absolute atomic E-state index is 12.1. The number of hydrogen-bond acceptors (Lipinski definition) is 3. The van der Waals surface area contributed by atoms with Crippen LogP contribution in [0.5, 0.6) is 0 Å². The van der Waals surface area contributed by atoms with Gasteiger partial charge in [-0.05, 0) is 45.4 Å². The number of carbonyl (C=O) groups is 1. The van der Waals surface area contributed by atoms with Crippen molar-refractivity contribution >= 4 is 22.0 Å². The van der Waals surface area contributed by atoms with E-state index in [0.29, 0.717) is 13.1 Å². The third-order valence-corrected chi connectivity index (χ3v) is 4.85. The second-order valence-electron chi connectivity index (χ2n) is 8.44. The highest BCUT2D eigenvalue weighted by molar-refractivity contribution is 9.09. The second-order valence-corrected chi connectivity index (χ2v) is 9.00. The first kappa shape index (κ1) is 19.8. The van der Waals surface area contributed by atoms with Crippen molar-refractivity contribution in [2.45, 2.75) is 72.0 Å². The average Bonchev–Trinajstić information content (AvgIpc) is 2.36. The van der Waals surface area contributed by atoms with Crippen molar-refractivity contribution in [2.24, 2.45) is 5.41 Å². The van der Waals surface area contributed by atoms with Crippen molar-refractivity contribution in [3.63, 3.8) is 0 Å². The van der Waals surface area contributed by atoms with Crippen molar-refractivity contribution < 1.29 is 14.3 Å². The van der Waals surface area contributed by atoms with Gasteiger partial charge in [-0.15, -0.1) is 0 Å². The van der Waals surface area contributed by atoms with E-state index in [1.165, 1.54) is 0 Å². The van der Waals surface area contributed by atoms with Crippen LogP contribution >= 0.6 is 15.9 Å². The van der Waals surface area contributed by atoms with Crippen LogP contribution in [-0.4, -0.2) is 47.2 Å². The van der Waals surface area contributed by atoms with Gasteiger partial charge in [0.1, 0.15) is 5.60 Å². The predicted octanol–water partition coefficient (Wildman–Crippen LogP) is 4.60. The van der Waals surface area contributed by atoms with Crippen LogP contribution in [0.2, 0.25) is 0 Å². The zero-order valence-corrected chi connectivity index (χ0v) is 16.6. The molecule has 0 aromatic heterocycles. The third-order valence-electron chi connectivity index (χ3n) is 3.83. The van der Waals surface area contributed by atoms with Gasteiger partial charge in [-0.25, -0.2) is 4.79 Å². The van der Waals surface area contributed by atoms with Gasteiger partial charge in [0, 0.05) is 25.0 Å². The predicted molar refractivity (Wildman–Crippen MR) is 93.6 cm³/mol. The van der Waals surface area contributed by atoms with Crippen molar-refractivity contribution in [3.05, 3.63) is 0 Å². The van der Waals surface area contributed by atoms with E-state index in [-0.39, 0.29) is 17.1 Å². The fraction of sp³-hybridized carbons (Fsp3) is 0.941. The van der Waals surface area contributed by atoms with Gasteiger partial charge in [-0.1, -0.05) is 36.7 Å². The molecule has 130 valence electrons. The van der Waals surface area contributed by atoms with E-state index in [9.17, 15) is 4.79 Å². The summed E-state index contributed by atoms with van der Waals surface area (Å²) in [6.07, 6.45) is 2.52. The Morgan fingerprint density at radius 1 is 1.14 bits per heavy atom. The van der Waals surface area contributed by atoms with Crippen LogP contribution in [0.4, 0.5) is 4.79 Å². The summed E-state index contributed by atoms with van der Waals surface area (Å²) in [4.78, 5) is 13.9. The van der Waals surface area contributed by atoms with E-state index >= 15 is 0 Å². The summed E-state index contributed by atoms with van der Waals surface area (Å²) in [6.45, 7) is 14.5. The number of ether oxygens (including phenoxy) is 2. The normalized spacial score (nSPS) is 19.1. The number of alkyl halides is 1. The lowest BCUT2D eigenvalue weighted by Gasteiger charge is -2.41. The SMILES string of the molecule is CC(C)(C)CCOC1(CBr)CCN(C(=O)OC(C)(C)C)CC1. The monoisotopic (exact) mass is 377 g/mol. The number of amides is 1. The molecule has 0 aliphatic carbocycles. The minimum Gasteiger partial charge on any atom is -0.444 e. The molecule has 0 unspecified atom stereocenters. The summed E-state index contributed by atoms with van der Waals surface area (Å²) in [5.41, 5.74) is -0.307. The molecule has 22 heavy (non-hydrogen) atoms. The topological polar surface area (TPSA) is 38.8 Å². The number of carbonyl (C=O) groups excluding carboxylic acids is 1. The van der Waals surface area contributed by atoms with Crippen LogP contribution in [-0.2, 0) is 9.47 Å². The molecule has 1 heterocycles. The fourth-order valence-electron chi connectivity index (χ4n) is 2.31. The summed E-state index contributed by atoms with van der Waals surface area (Å²) in [6, 6.07) is 0. The van der Waals surface area contributed by atoms with E-state index in [1.807, 2.05) is 20.8 Å². The quantitative estimate of drug-likeness (QED) is 0.671. The Morgan fingerprint density at radius 2 is 1.68 bits per heavy atom. The zero-order chi connectivity index (χ0) is 17.0. The highest BCUT2D eigenvalue weighted by atomic mass is 79.9. The van der Waals surface area contributed by atoms with Crippen molar-refractivity contribution in [1.82, 2.24) is 4.90 Å². The molecule has 1 rings (SSSR count). The minimum absolute atomic E-state index is 0.149. The van der Waals surface area contributed by atoms with Gasteiger partial charge in [0.2, 0.25) is 0 Å². The van der Waals surface area contributed by atoms with Crippen LogP contribution in [0, 0.1) is 5.41 Å². The lowest BCUT2D eigenvalue weighted by Crippen LogP contribution is -2.50. The molecule has 1 aliphatic heterocycles. The van der Waals surface area contributed by atoms with Gasteiger partial charge in [0.25, 0.3) is 0 Å². The summed E-state index contributed by atoms with van der Waals surface area (Å²) in [5, 5.41) is 0.812. The number of nitrogens with zero attached hydrogens (tertiary/aromatic N) is 1. The molecule has 1 aliphatic rings. The van der Waals surface area contributed by atoms with Gasteiger partial charge in [-0.3, -0.25) is 0 Å². The van der Waals surface area contributed by atoms with Crippen LogP contribution in [0.3, 0.4) is 0 Å². The van der Waals surface area contributed by atoms with E-state index in [4.69, 9.17) is 9.47 Å². The summed E-state index contributed by atoms with van der Waals surface area (Å²) >= 11 is 3.59. The van der Waals surface area contributed by atoms with Crippen molar-refractivity contribution in [1.29, 1.82) is 0 Å². The molecule has 0 spiro atoms. The Balaban J connectivity index is 2.48. The number of piperidine rings is 1. The van der Waals surface area contributed by atoms with Gasteiger partial charge in [0.05, 0.1) is 5.60 Å². The molecule has 0 aromatic carbocycles. The molecule has 0 bridgehead atoms. The molecule has 0 aromatic rings. The first-order valence-electron chi connectivity index (χ1n) is 8.14. The number of hydrogen-bond donors (Lipinski definition) is 0. The molecule has 0 N–H and O–H groups in total. The molecule has 1 saturated heterocycles. The Bertz CT molecular complexity index is 363. The maximum Gasteiger partial charge on any atom is 0.410 e. The largest absolute Gasteiger partial charge is 0.444 e. The molecule has 0 saturated carbocycles. The Hall–Kier alpha value is -0.290. The molecule has 4 nitrogen and oxygen atoms in total. The van der Waals surface area contributed by atoms with Crippen LogP contribution in [0.15, 0.2) is 0 Å². The van der Waals surface area contributed by atoms with Gasteiger partial charge in [-0.2, -0.15) is 0 Å². The zero-order valence-electron chi connectivity index (χ0n) is 15.0. The van der Waals surface area contributed by atoms with Crippen molar-refractivity contribution in [3.8, 4) is 0 Å². The highest BCUT2D eigenvalue weighted by Gasteiger charge is 2.37. The molecule has 0 atom stereocenters. The third kappa shape index (κ3) is 6.86. The molecular formula is C17H32BrNO3. The second kappa shape index (κ2) is 7.52. The first-order valence-corrected chi connectivity index (χ1v) is 9.26. The lowest BCUT2D eigenvalue weighted by molar-refractivity contribution is -0.0742. The van der Waals surface area contributed by atoms with E-state index in [0.717, 1.165) is 31.2 Å². The number of likely N-dealkylation sites (tertiary alicyclic amines) is 1. The number of rotatable bonds is 4. The Labute approximate surface area is 144 Å². The van der Waals surface area contributed by atoms with Crippen LogP contribution in [0.25, 0.3) is 0 Å². The molecule has 1 amide bonds. The van der Waals surface area contributed by atoms with Crippen molar-refractivity contribution in [2.75, 3.05) is 25.0 Å². The molecule has 1 fully saturated rings. The summed E-state index contributed by atoms with van der Waals surface area (Å²) in [7, 11) is 0. The smallest absolute Gasteiger partial charge is 0.410 e. The van der Waals surface area contributed by atoms with Gasteiger partial charge < -0.3 is 14.4 Å². The van der Waals surface area contributed by atoms with Crippen LogP contribution < -0.4 is 0 Å². The van der Waals surface area contributed by atoms with E-state index < -0.39 is 5.60 Å². The average molecular weight is 378 g/mol. The minimum atomic E-state index is -0.440. The van der Waals surface area contributed by atoms with Gasteiger partial charge >= 0.3 is 6.09 Å².